The average Bonchev–Trinajstić information content (AvgIpc) is 2.61. The number of urea groups is 1. The van der Waals surface area contributed by atoms with E-state index in [0.29, 0.717) is 25.4 Å². The molecule has 1 aliphatic rings. The van der Waals surface area contributed by atoms with Crippen molar-refractivity contribution in [2.45, 2.75) is 39.2 Å². The second-order valence-electron chi connectivity index (χ2n) is 6.87. The molecule has 3 N–H and O–H groups in total. The summed E-state index contributed by atoms with van der Waals surface area (Å²) in [6, 6.07) is 3.94. The summed E-state index contributed by atoms with van der Waals surface area (Å²) in [7, 11) is 0. The summed E-state index contributed by atoms with van der Waals surface area (Å²) in [6.45, 7) is 7.19. The highest BCUT2D eigenvalue weighted by Gasteiger charge is 2.20. The fourth-order valence-corrected chi connectivity index (χ4v) is 2.92. The number of hydrogen-bond acceptors (Lipinski definition) is 4. The van der Waals surface area contributed by atoms with Crippen LogP contribution in [0.1, 0.15) is 33.1 Å². The second kappa shape index (κ2) is 9.47. The highest BCUT2D eigenvalue weighted by molar-refractivity contribution is 5.73. The number of aliphatic hydroxyl groups is 1. The van der Waals surface area contributed by atoms with Crippen molar-refractivity contribution in [1.82, 2.24) is 15.6 Å². The molecule has 1 aromatic heterocycles. The molecule has 0 saturated carbocycles. The number of carbonyl (C=O) groups excluding carboxylic acids is 1. The summed E-state index contributed by atoms with van der Waals surface area (Å²) in [4.78, 5) is 18.2. The highest BCUT2D eigenvalue weighted by Crippen LogP contribution is 2.22. The number of aliphatic hydroxyl groups excluding tert-OH is 1. The molecule has 2 heterocycles. The summed E-state index contributed by atoms with van der Waals surface area (Å²) < 4.78 is 0. The first-order valence-electron chi connectivity index (χ1n) is 8.91. The van der Waals surface area contributed by atoms with Crippen molar-refractivity contribution >= 4 is 11.7 Å². The van der Waals surface area contributed by atoms with E-state index in [0.717, 1.165) is 25.9 Å². The maximum atomic E-state index is 11.8. The lowest BCUT2D eigenvalue weighted by atomic mass is 9.96. The van der Waals surface area contributed by atoms with Crippen molar-refractivity contribution in [2.75, 3.05) is 31.1 Å². The van der Waals surface area contributed by atoms with Gasteiger partial charge >= 0.3 is 6.03 Å². The van der Waals surface area contributed by atoms with Gasteiger partial charge in [0, 0.05) is 44.3 Å². The number of aromatic nitrogens is 1. The number of nitrogens with zero attached hydrogens (tertiary/aromatic N) is 2. The standard InChI is InChI=1S/C18H30N4O2/c1-14(2)17(23)5-10-20-18(24)21-13-15-6-11-22(12-7-15)16-3-8-19-9-4-16/h3-4,8-9,14-15,17,23H,5-7,10-13H2,1-2H3,(H2,20,21,24). The predicted molar refractivity (Wildman–Crippen MR) is 96.0 cm³/mol. The minimum absolute atomic E-state index is 0.137. The molecule has 1 aliphatic heterocycles. The van der Waals surface area contributed by atoms with Gasteiger partial charge in [0.2, 0.25) is 0 Å². The molecule has 2 rings (SSSR count). The maximum absolute atomic E-state index is 11.8. The van der Waals surface area contributed by atoms with Crippen LogP contribution in [0.4, 0.5) is 10.5 Å². The zero-order chi connectivity index (χ0) is 17.4. The molecule has 2 amide bonds. The normalized spacial score (nSPS) is 16.9. The third-order valence-electron chi connectivity index (χ3n) is 4.69. The van der Waals surface area contributed by atoms with Crippen LogP contribution in [0.25, 0.3) is 0 Å². The Morgan fingerprint density at radius 1 is 1.29 bits per heavy atom. The third kappa shape index (κ3) is 6.00. The Kier molecular flexibility index (Phi) is 7.31. The first-order chi connectivity index (χ1) is 11.6. The van der Waals surface area contributed by atoms with Crippen LogP contribution in [-0.2, 0) is 0 Å². The molecule has 1 unspecified atom stereocenters. The number of amides is 2. The van der Waals surface area contributed by atoms with Crippen molar-refractivity contribution in [3.05, 3.63) is 24.5 Å². The van der Waals surface area contributed by atoms with Crippen LogP contribution < -0.4 is 15.5 Å². The van der Waals surface area contributed by atoms with Crippen LogP contribution in [0.5, 0.6) is 0 Å². The topological polar surface area (TPSA) is 77.5 Å². The van der Waals surface area contributed by atoms with Crippen LogP contribution in [0.3, 0.4) is 0 Å². The van der Waals surface area contributed by atoms with Crippen molar-refractivity contribution in [1.29, 1.82) is 0 Å². The van der Waals surface area contributed by atoms with E-state index in [4.69, 9.17) is 0 Å². The number of pyridine rings is 1. The molecule has 1 saturated heterocycles. The number of piperidine rings is 1. The zero-order valence-electron chi connectivity index (χ0n) is 14.7. The van der Waals surface area contributed by atoms with E-state index in [2.05, 4.69) is 20.5 Å². The minimum atomic E-state index is -0.359. The Bertz CT molecular complexity index is 487. The number of rotatable bonds is 7. The van der Waals surface area contributed by atoms with Crippen molar-refractivity contribution in [3.8, 4) is 0 Å². The fraction of sp³-hybridized carbons (Fsp3) is 0.667. The van der Waals surface area contributed by atoms with Gasteiger partial charge < -0.3 is 20.6 Å². The van der Waals surface area contributed by atoms with E-state index in [1.165, 1.54) is 5.69 Å². The monoisotopic (exact) mass is 334 g/mol. The Morgan fingerprint density at radius 3 is 2.58 bits per heavy atom. The molecule has 6 nitrogen and oxygen atoms in total. The number of nitrogens with one attached hydrogen (secondary N) is 2. The van der Waals surface area contributed by atoms with Crippen LogP contribution in [-0.4, -0.2) is 48.4 Å². The molecule has 1 aromatic rings. The molecule has 0 aliphatic carbocycles. The number of hydrogen-bond donors (Lipinski definition) is 3. The smallest absolute Gasteiger partial charge is 0.314 e. The van der Waals surface area contributed by atoms with Crippen LogP contribution in [0.15, 0.2) is 24.5 Å². The molecule has 24 heavy (non-hydrogen) atoms. The Labute approximate surface area is 144 Å². The van der Waals surface area contributed by atoms with E-state index >= 15 is 0 Å². The third-order valence-corrected chi connectivity index (χ3v) is 4.69. The van der Waals surface area contributed by atoms with Crippen LogP contribution in [0.2, 0.25) is 0 Å². The first-order valence-corrected chi connectivity index (χ1v) is 8.91. The lowest BCUT2D eigenvalue weighted by Gasteiger charge is -2.33. The molecule has 0 bridgehead atoms. The molecular weight excluding hydrogens is 304 g/mol. The molecule has 1 atom stereocenters. The quantitative estimate of drug-likeness (QED) is 0.713. The van der Waals surface area contributed by atoms with Gasteiger partial charge in [0.1, 0.15) is 0 Å². The van der Waals surface area contributed by atoms with E-state index in [1.807, 2.05) is 38.4 Å². The van der Waals surface area contributed by atoms with Gasteiger partial charge in [0.15, 0.2) is 0 Å². The van der Waals surface area contributed by atoms with Gasteiger partial charge in [-0.3, -0.25) is 4.98 Å². The van der Waals surface area contributed by atoms with Gasteiger partial charge in [-0.05, 0) is 43.2 Å². The van der Waals surface area contributed by atoms with Gasteiger partial charge in [0.05, 0.1) is 6.10 Å². The molecule has 0 aromatic carbocycles. The highest BCUT2D eigenvalue weighted by atomic mass is 16.3. The van der Waals surface area contributed by atoms with Gasteiger partial charge in [-0.25, -0.2) is 4.79 Å². The van der Waals surface area contributed by atoms with Crippen molar-refractivity contribution in [3.63, 3.8) is 0 Å². The zero-order valence-corrected chi connectivity index (χ0v) is 14.7. The second-order valence-corrected chi connectivity index (χ2v) is 6.87. The van der Waals surface area contributed by atoms with E-state index < -0.39 is 0 Å². The predicted octanol–water partition coefficient (Wildman–Crippen LogP) is 2.00. The maximum Gasteiger partial charge on any atom is 0.314 e. The Hall–Kier alpha value is -1.82. The molecule has 134 valence electrons. The number of anilines is 1. The average molecular weight is 334 g/mol. The minimum Gasteiger partial charge on any atom is -0.393 e. The molecule has 0 spiro atoms. The lowest BCUT2D eigenvalue weighted by molar-refractivity contribution is 0.116. The number of carbonyl (C=O) groups is 1. The van der Waals surface area contributed by atoms with E-state index in [9.17, 15) is 9.90 Å². The van der Waals surface area contributed by atoms with Crippen molar-refractivity contribution < 1.29 is 9.90 Å². The van der Waals surface area contributed by atoms with Crippen LogP contribution >= 0.6 is 0 Å². The largest absolute Gasteiger partial charge is 0.393 e. The fourth-order valence-electron chi connectivity index (χ4n) is 2.92. The van der Waals surface area contributed by atoms with Gasteiger partial charge in [0.25, 0.3) is 0 Å². The van der Waals surface area contributed by atoms with E-state index in [-0.39, 0.29) is 18.1 Å². The van der Waals surface area contributed by atoms with Gasteiger partial charge in [-0.2, -0.15) is 0 Å². The summed E-state index contributed by atoms with van der Waals surface area (Å²) in [5.41, 5.74) is 1.22. The summed E-state index contributed by atoms with van der Waals surface area (Å²) in [5, 5.41) is 15.5. The summed E-state index contributed by atoms with van der Waals surface area (Å²) >= 11 is 0. The van der Waals surface area contributed by atoms with Crippen LogP contribution in [0, 0.1) is 11.8 Å². The van der Waals surface area contributed by atoms with E-state index in [1.54, 1.807) is 0 Å². The molecular formula is C18H30N4O2. The van der Waals surface area contributed by atoms with Gasteiger partial charge in [-0.1, -0.05) is 13.8 Å². The Morgan fingerprint density at radius 2 is 1.96 bits per heavy atom. The molecule has 0 radical (unpaired) electrons. The van der Waals surface area contributed by atoms with Crippen molar-refractivity contribution in [2.24, 2.45) is 11.8 Å². The molecule has 6 heteroatoms. The first kappa shape index (κ1) is 18.5. The summed E-state index contributed by atoms with van der Waals surface area (Å²) in [5.74, 6) is 0.746. The lowest BCUT2D eigenvalue weighted by Crippen LogP contribution is -2.42. The molecule has 1 fully saturated rings. The van der Waals surface area contributed by atoms with Gasteiger partial charge in [-0.15, -0.1) is 0 Å². The summed E-state index contributed by atoms with van der Waals surface area (Å²) in [6.07, 6.45) is 6.04. The Balaban J connectivity index is 1.59. The SMILES string of the molecule is CC(C)C(O)CCNC(=O)NCC1CCN(c2ccncc2)CC1.